The van der Waals surface area contributed by atoms with Crippen LogP contribution in [0.4, 0.5) is 10.5 Å². The maximum Gasteiger partial charge on any atom is 0.326 e. The minimum atomic E-state index is -1.10. The van der Waals surface area contributed by atoms with Crippen LogP contribution in [0.1, 0.15) is 19.4 Å². The first kappa shape index (κ1) is 16.6. The summed E-state index contributed by atoms with van der Waals surface area (Å²) in [5.41, 5.74) is 1.02. The van der Waals surface area contributed by atoms with Gasteiger partial charge in [0.25, 0.3) is 0 Å². The standard InChI is InChI=1S/C13H16Cl2N2O3/c1-6(2)10(12(18)19)16-13(20)17-11-8(14)5-4-7(3)9(11)15/h4-6,10H,1-3H3,(H,18,19)(H2,16,17,20)/t10-/m1/s1. The number of carbonyl (C=O) groups is 2. The van der Waals surface area contributed by atoms with E-state index in [4.69, 9.17) is 28.3 Å². The van der Waals surface area contributed by atoms with Crippen molar-refractivity contribution in [2.75, 3.05) is 5.32 Å². The summed E-state index contributed by atoms with van der Waals surface area (Å²) in [4.78, 5) is 22.9. The van der Waals surface area contributed by atoms with Crippen LogP contribution >= 0.6 is 23.2 Å². The third-order valence-electron chi connectivity index (χ3n) is 2.74. The van der Waals surface area contributed by atoms with Gasteiger partial charge in [-0.15, -0.1) is 0 Å². The van der Waals surface area contributed by atoms with Crippen LogP contribution in [0.25, 0.3) is 0 Å². The molecule has 0 aliphatic rings. The van der Waals surface area contributed by atoms with Crippen molar-refractivity contribution >= 4 is 40.9 Å². The Labute approximate surface area is 127 Å². The van der Waals surface area contributed by atoms with Gasteiger partial charge in [0, 0.05) is 0 Å². The molecule has 110 valence electrons. The molecule has 2 amide bonds. The van der Waals surface area contributed by atoms with Gasteiger partial charge in [-0.25, -0.2) is 9.59 Å². The van der Waals surface area contributed by atoms with E-state index in [1.807, 2.05) is 0 Å². The van der Waals surface area contributed by atoms with Gasteiger partial charge in [-0.3, -0.25) is 0 Å². The zero-order chi connectivity index (χ0) is 15.4. The zero-order valence-corrected chi connectivity index (χ0v) is 12.8. The first-order valence-electron chi connectivity index (χ1n) is 5.99. The molecule has 0 heterocycles. The smallest absolute Gasteiger partial charge is 0.326 e. The van der Waals surface area contributed by atoms with E-state index in [2.05, 4.69) is 10.6 Å². The highest BCUT2D eigenvalue weighted by Crippen LogP contribution is 2.32. The highest BCUT2D eigenvalue weighted by atomic mass is 35.5. The fraction of sp³-hybridized carbons (Fsp3) is 0.385. The Morgan fingerprint density at radius 3 is 2.35 bits per heavy atom. The van der Waals surface area contributed by atoms with Gasteiger partial charge >= 0.3 is 12.0 Å². The predicted octanol–water partition coefficient (Wildman–Crippen LogP) is 3.53. The SMILES string of the molecule is Cc1ccc(Cl)c(NC(=O)N[C@@H](C(=O)O)C(C)C)c1Cl. The third kappa shape index (κ3) is 4.02. The summed E-state index contributed by atoms with van der Waals surface area (Å²) in [5.74, 6) is -1.35. The number of anilines is 1. The number of hydrogen-bond acceptors (Lipinski definition) is 2. The number of aryl methyl sites for hydroxylation is 1. The lowest BCUT2D eigenvalue weighted by Gasteiger charge is -2.19. The van der Waals surface area contributed by atoms with Crippen molar-refractivity contribution in [3.8, 4) is 0 Å². The molecule has 3 N–H and O–H groups in total. The maximum absolute atomic E-state index is 11.8. The molecule has 0 saturated heterocycles. The van der Waals surface area contributed by atoms with Crippen LogP contribution in [0.2, 0.25) is 10.0 Å². The molecule has 0 radical (unpaired) electrons. The number of carboxylic acid groups (broad SMARTS) is 1. The van der Waals surface area contributed by atoms with Gasteiger partial charge in [0.15, 0.2) is 0 Å². The molecule has 1 aromatic rings. The Morgan fingerprint density at radius 2 is 1.85 bits per heavy atom. The van der Waals surface area contributed by atoms with Crippen molar-refractivity contribution in [1.29, 1.82) is 0 Å². The second kappa shape index (κ2) is 6.81. The van der Waals surface area contributed by atoms with Crippen molar-refractivity contribution in [2.45, 2.75) is 26.8 Å². The Balaban J connectivity index is 2.87. The van der Waals surface area contributed by atoms with E-state index in [1.54, 1.807) is 32.9 Å². The predicted molar refractivity (Wildman–Crippen MR) is 79.6 cm³/mol. The van der Waals surface area contributed by atoms with Gasteiger partial charge in [0.2, 0.25) is 0 Å². The summed E-state index contributed by atoms with van der Waals surface area (Å²) in [6, 6.07) is 1.68. The number of rotatable bonds is 4. The molecular formula is C13H16Cl2N2O3. The van der Waals surface area contributed by atoms with Gasteiger partial charge < -0.3 is 15.7 Å². The summed E-state index contributed by atoms with van der Waals surface area (Å²) < 4.78 is 0. The maximum atomic E-state index is 11.8. The summed E-state index contributed by atoms with van der Waals surface area (Å²) in [6.45, 7) is 5.17. The largest absolute Gasteiger partial charge is 0.480 e. The van der Waals surface area contributed by atoms with Crippen molar-refractivity contribution in [3.63, 3.8) is 0 Å². The number of aliphatic carboxylic acids is 1. The fourth-order valence-corrected chi connectivity index (χ4v) is 2.04. The second-order valence-electron chi connectivity index (χ2n) is 4.71. The molecule has 0 unspecified atom stereocenters. The number of amides is 2. The van der Waals surface area contributed by atoms with Crippen LogP contribution in [0.3, 0.4) is 0 Å². The molecule has 1 aromatic carbocycles. The average molecular weight is 319 g/mol. The van der Waals surface area contributed by atoms with Crippen LogP contribution in [0.5, 0.6) is 0 Å². The Morgan fingerprint density at radius 1 is 1.25 bits per heavy atom. The Kier molecular flexibility index (Phi) is 5.65. The minimum Gasteiger partial charge on any atom is -0.480 e. The van der Waals surface area contributed by atoms with Crippen LogP contribution in [-0.4, -0.2) is 23.1 Å². The van der Waals surface area contributed by atoms with E-state index in [9.17, 15) is 9.59 Å². The molecule has 0 saturated carbocycles. The first-order valence-corrected chi connectivity index (χ1v) is 6.74. The lowest BCUT2D eigenvalue weighted by molar-refractivity contribution is -0.140. The van der Waals surface area contributed by atoms with E-state index >= 15 is 0 Å². The van der Waals surface area contributed by atoms with E-state index in [-0.39, 0.29) is 16.6 Å². The van der Waals surface area contributed by atoms with Gasteiger partial charge in [-0.05, 0) is 24.5 Å². The molecule has 1 rings (SSSR count). The van der Waals surface area contributed by atoms with Crippen molar-refractivity contribution in [2.24, 2.45) is 5.92 Å². The van der Waals surface area contributed by atoms with E-state index in [1.165, 1.54) is 0 Å². The van der Waals surface area contributed by atoms with Crippen molar-refractivity contribution in [3.05, 3.63) is 27.7 Å². The lowest BCUT2D eigenvalue weighted by Crippen LogP contribution is -2.46. The highest BCUT2D eigenvalue weighted by molar-refractivity contribution is 6.40. The van der Waals surface area contributed by atoms with Gasteiger partial charge in [0.05, 0.1) is 15.7 Å². The minimum absolute atomic E-state index is 0.248. The Hall–Kier alpha value is -1.46. The molecule has 5 nitrogen and oxygen atoms in total. The van der Waals surface area contributed by atoms with Gasteiger partial charge in [0.1, 0.15) is 6.04 Å². The molecule has 20 heavy (non-hydrogen) atoms. The summed E-state index contributed by atoms with van der Waals surface area (Å²) in [5, 5.41) is 14.5. The van der Waals surface area contributed by atoms with Crippen LogP contribution in [0, 0.1) is 12.8 Å². The van der Waals surface area contributed by atoms with E-state index < -0.39 is 18.0 Å². The van der Waals surface area contributed by atoms with Crippen LogP contribution in [-0.2, 0) is 4.79 Å². The topological polar surface area (TPSA) is 78.4 Å². The summed E-state index contributed by atoms with van der Waals surface area (Å²) in [6.07, 6.45) is 0. The summed E-state index contributed by atoms with van der Waals surface area (Å²) >= 11 is 12.0. The molecular weight excluding hydrogens is 303 g/mol. The van der Waals surface area contributed by atoms with E-state index in [0.717, 1.165) is 5.56 Å². The molecule has 0 aromatic heterocycles. The van der Waals surface area contributed by atoms with E-state index in [0.29, 0.717) is 5.02 Å². The quantitative estimate of drug-likeness (QED) is 0.794. The summed E-state index contributed by atoms with van der Waals surface area (Å²) in [7, 11) is 0. The third-order valence-corrected chi connectivity index (χ3v) is 3.54. The van der Waals surface area contributed by atoms with Crippen molar-refractivity contribution < 1.29 is 14.7 Å². The molecule has 0 aliphatic carbocycles. The van der Waals surface area contributed by atoms with Crippen LogP contribution in [0.15, 0.2) is 12.1 Å². The number of benzene rings is 1. The molecule has 0 aliphatic heterocycles. The monoisotopic (exact) mass is 318 g/mol. The molecule has 1 atom stereocenters. The average Bonchev–Trinajstić information content (AvgIpc) is 2.35. The number of urea groups is 1. The second-order valence-corrected chi connectivity index (χ2v) is 5.50. The number of carbonyl (C=O) groups excluding carboxylic acids is 1. The molecule has 7 heteroatoms. The zero-order valence-electron chi connectivity index (χ0n) is 11.3. The van der Waals surface area contributed by atoms with Gasteiger partial charge in [-0.2, -0.15) is 0 Å². The lowest BCUT2D eigenvalue weighted by atomic mass is 10.1. The number of nitrogens with one attached hydrogen (secondary N) is 2. The highest BCUT2D eigenvalue weighted by Gasteiger charge is 2.24. The molecule has 0 bridgehead atoms. The van der Waals surface area contributed by atoms with Crippen LogP contribution < -0.4 is 10.6 Å². The molecule has 0 fully saturated rings. The number of hydrogen-bond donors (Lipinski definition) is 3. The number of halogens is 2. The number of carboxylic acids is 1. The normalized spacial score (nSPS) is 12.1. The Bertz CT molecular complexity index is 533. The van der Waals surface area contributed by atoms with Crippen molar-refractivity contribution in [1.82, 2.24) is 5.32 Å². The van der Waals surface area contributed by atoms with Gasteiger partial charge in [-0.1, -0.05) is 43.1 Å². The molecule has 0 spiro atoms. The first-order chi connectivity index (χ1) is 9.23. The fourth-order valence-electron chi connectivity index (χ4n) is 1.58.